The van der Waals surface area contributed by atoms with Crippen molar-refractivity contribution >= 4 is 34.2 Å². The standard InChI is InChI=1S/C16H18ClIN2/c1-10-5-11(2)7-12(6-10)8-16(20-19)13-3-4-15(18)14(17)9-13/h3-7,9,16,20H,8,19H2,1-2H3. The predicted octanol–water partition coefficient (Wildman–Crippen LogP) is 4.31. The van der Waals surface area contributed by atoms with Crippen molar-refractivity contribution in [1.29, 1.82) is 0 Å². The Labute approximate surface area is 138 Å². The highest BCUT2D eigenvalue weighted by Gasteiger charge is 2.12. The fourth-order valence-corrected chi connectivity index (χ4v) is 2.95. The summed E-state index contributed by atoms with van der Waals surface area (Å²) in [6, 6.07) is 12.7. The molecule has 2 aromatic carbocycles. The largest absolute Gasteiger partial charge is 0.271 e. The van der Waals surface area contributed by atoms with Gasteiger partial charge in [-0.1, -0.05) is 47.0 Å². The molecule has 20 heavy (non-hydrogen) atoms. The number of hydrogen-bond donors (Lipinski definition) is 2. The maximum atomic E-state index is 6.19. The van der Waals surface area contributed by atoms with Crippen LogP contribution in [0, 0.1) is 17.4 Å². The Hall–Kier alpha value is -0.620. The first-order valence-corrected chi connectivity index (χ1v) is 7.93. The predicted molar refractivity (Wildman–Crippen MR) is 93.9 cm³/mol. The van der Waals surface area contributed by atoms with Crippen molar-refractivity contribution in [3.05, 3.63) is 67.2 Å². The summed E-state index contributed by atoms with van der Waals surface area (Å²) < 4.78 is 1.05. The van der Waals surface area contributed by atoms with Crippen LogP contribution in [0.4, 0.5) is 0 Å². The molecule has 0 fully saturated rings. The summed E-state index contributed by atoms with van der Waals surface area (Å²) in [6.45, 7) is 4.23. The quantitative estimate of drug-likeness (QED) is 0.456. The first-order valence-electron chi connectivity index (χ1n) is 6.48. The van der Waals surface area contributed by atoms with Crippen molar-refractivity contribution in [2.75, 3.05) is 0 Å². The van der Waals surface area contributed by atoms with Crippen LogP contribution in [0.1, 0.15) is 28.3 Å². The molecule has 0 aliphatic rings. The first-order chi connectivity index (χ1) is 9.49. The average Bonchev–Trinajstić information content (AvgIpc) is 2.38. The minimum absolute atomic E-state index is 0.0608. The van der Waals surface area contributed by atoms with E-state index in [0.717, 1.165) is 20.6 Å². The first kappa shape index (κ1) is 15.8. The summed E-state index contributed by atoms with van der Waals surface area (Å²) in [4.78, 5) is 0. The van der Waals surface area contributed by atoms with Crippen LogP contribution in [0.2, 0.25) is 5.02 Å². The molecule has 0 saturated carbocycles. The Morgan fingerprint density at radius 1 is 1.15 bits per heavy atom. The van der Waals surface area contributed by atoms with E-state index in [9.17, 15) is 0 Å². The van der Waals surface area contributed by atoms with Gasteiger partial charge in [0.05, 0.1) is 11.1 Å². The second-order valence-electron chi connectivity index (χ2n) is 5.09. The molecule has 2 rings (SSSR count). The molecule has 3 N–H and O–H groups in total. The number of aryl methyl sites for hydroxylation is 2. The fourth-order valence-electron chi connectivity index (χ4n) is 2.42. The van der Waals surface area contributed by atoms with Crippen molar-refractivity contribution in [2.45, 2.75) is 26.3 Å². The Bertz CT molecular complexity index is 593. The van der Waals surface area contributed by atoms with Crippen LogP contribution >= 0.6 is 34.2 Å². The van der Waals surface area contributed by atoms with Gasteiger partial charge in [-0.15, -0.1) is 0 Å². The Balaban J connectivity index is 2.26. The number of hydrazine groups is 1. The summed E-state index contributed by atoms with van der Waals surface area (Å²) in [5.74, 6) is 5.72. The summed E-state index contributed by atoms with van der Waals surface area (Å²) in [6.07, 6.45) is 0.843. The van der Waals surface area contributed by atoms with Gasteiger partial charge in [-0.2, -0.15) is 0 Å². The van der Waals surface area contributed by atoms with E-state index in [2.05, 4.69) is 66.1 Å². The molecule has 0 aliphatic heterocycles. The average molecular weight is 401 g/mol. The fraction of sp³-hybridized carbons (Fsp3) is 0.250. The van der Waals surface area contributed by atoms with Gasteiger partial charge >= 0.3 is 0 Å². The molecule has 2 nitrogen and oxygen atoms in total. The van der Waals surface area contributed by atoms with E-state index in [4.69, 9.17) is 17.4 Å². The van der Waals surface area contributed by atoms with Crippen molar-refractivity contribution in [2.24, 2.45) is 5.84 Å². The zero-order chi connectivity index (χ0) is 14.7. The molecule has 4 heteroatoms. The number of nitrogens with one attached hydrogen (secondary N) is 1. The lowest BCUT2D eigenvalue weighted by Crippen LogP contribution is -2.29. The van der Waals surface area contributed by atoms with E-state index in [1.165, 1.54) is 16.7 Å². The molecule has 2 aromatic rings. The number of nitrogens with two attached hydrogens (primary N) is 1. The molecule has 0 spiro atoms. The Kier molecular flexibility index (Phi) is 5.43. The van der Waals surface area contributed by atoms with Crippen LogP contribution in [-0.2, 0) is 6.42 Å². The van der Waals surface area contributed by atoms with Crippen LogP contribution in [-0.4, -0.2) is 0 Å². The SMILES string of the molecule is Cc1cc(C)cc(CC(NN)c2ccc(I)c(Cl)c2)c1. The molecule has 0 aliphatic carbocycles. The van der Waals surface area contributed by atoms with Crippen molar-refractivity contribution in [3.8, 4) is 0 Å². The highest BCUT2D eigenvalue weighted by Crippen LogP contribution is 2.25. The monoisotopic (exact) mass is 400 g/mol. The zero-order valence-corrected chi connectivity index (χ0v) is 14.5. The lowest BCUT2D eigenvalue weighted by atomic mass is 9.97. The second-order valence-corrected chi connectivity index (χ2v) is 6.66. The number of hydrogen-bond acceptors (Lipinski definition) is 2. The van der Waals surface area contributed by atoms with Crippen LogP contribution < -0.4 is 11.3 Å². The van der Waals surface area contributed by atoms with Crippen molar-refractivity contribution in [3.63, 3.8) is 0 Å². The third-order valence-electron chi connectivity index (χ3n) is 3.27. The molecule has 0 aromatic heterocycles. The molecule has 0 amide bonds. The van der Waals surface area contributed by atoms with E-state index >= 15 is 0 Å². The molecule has 0 radical (unpaired) electrons. The molecular weight excluding hydrogens is 383 g/mol. The molecule has 1 unspecified atom stereocenters. The smallest absolute Gasteiger partial charge is 0.0542 e. The van der Waals surface area contributed by atoms with Gasteiger partial charge in [-0.05, 0) is 66.1 Å². The molecule has 1 atom stereocenters. The van der Waals surface area contributed by atoms with Crippen LogP contribution in [0.15, 0.2) is 36.4 Å². The summed E-state index contributed by atoms with van der Waals surface area (Å²) in [5, 5.41) is 0.767. The minimum Gasteiger partial charge on any atom is -0.271 e. The van der Waals surface area contributed by atoms with E-state index in [-0.39, 0.29) is 6.04 Å². The minimum atomic E-state index is 0.0608. The van der Waals surface area contributed by atoms with Crippen molar-refractivity contribution in [1.82, 2.24) is 5.43 Å². The lowest BCUT2D eigenvalue weighted by molar-refractivity contribution is 0.551. The van der Waals surface area contributed by atoms with Crippen LogP contribution in [0.5, 0.6) is 0 Å². The molecule has 0 saturated heterocycles. The molecule has 0 bridgehead atoms. The third-order valence-corrected chi connectivity index (χ3v) is 4.84. The van der Waals surface area contributed by atoms with Crippen LogP contribution in [0.3, 0.4) is 0 Å². The summed E-state index contributed by atoms with van der Waals surface area (Å²) in [5.41, 5.74) is 7.83. The summed E-state index contributed by atoms with van der Waals surface area (Å²) >= 11 is 8.42. The van der Waals surface area contributed by atoms with Gasteiger partial charge < -0.3 is 0 Å². The van der Waals surface area contributed by atoms with E-state index < -0.39 is 0 Å². The van der Waals surface area contributed by atoms with Gasteiger partial charge in [-0.25, -0.2) is 0 Å². The third kappa shape index (κ3) is 3.95. The van der Waals surface area contributed by atoms with Gasteiger partial charge in [-0.3, -0.25) is 11.3 Å². The topological polar surface area (TPSA) is 38.0 Å². The van der Waals surface area contributed by atoms with Gasteiger partial charge in [0.2, 0.25) is 0 Å². The lowest BCUT2D eigenvalue weighted by Gasteiger charge is -2.18. The Morgan fingerprint density at radius 3 is 2.35 bits per heavy atom. The second kappa shape index (κ2) is 6.89. The zero-order valence-electron chi connectivity index (χ0n) is 11.6. The maximum absolute atomic E-state index is 6.19. The Morgan fingerprint density at radius 2 is 1.80 bits per heavy atom. The van der Waals surface area contributed by atoms with Gasteiger partial charge in [0.25, 0.3) is 0 Å². The normalized spacial score (nSPS) is 12.4. The van der Waals surface area contributed by atoms with E-state index in [1.54, 1.807) is 0 Å². The van der Waals surface area contributed by atoms with Gasteiger partial charge in [0.1, 0.15) is 0 Å². The van der Waals surface area contributed by atoms with Gasteiger partial charge in [0.15, 0.2) is 0 Å². The van der Waals surface area contributed by atoms with Gasteiger partial charge in [0, 0.05) is 3.57 Å². The molecule has 106 valence electrons. The highest BCUT2D eigenvalue weighted by molar-refractivity contribution is 14.1. The summed E-state index contributed by atoms with van der Waals surface area (Å²) in [7, 11) is 0. The van der Waals surface area contributed by atoms with E-state index in [1.807, 2.05) is 12.1 Å². The van der Waals surface area contributed by atoms with Crippen molar-refractivity contribution < 1.29 is 0 Å². The van der Waals surface area contributed by atoms with E-state index in [0.29, 0.717) is 0 Å². The number of halogens is 2. The molecular formula is C16H18ClIN2. The highest BCUT2D eigenvalue weighted by atomic mass is 127. The maximum Gasteiger partial charge on any atom is 0.0542 e. The molecule has 0 heterocycles. The number of rotatable bonds is 4. The van der Waals surface area contributed by atoms with Crippen LogP contribution in [0.25, 0.3) is 0 Å². The number of benzene rings is 2.